The maximum Gasteiger partial charge on any atom is 0.433 e. The standard InChI is InChI=1S/C13H16F3N5/c1-7-9(8(2)21(3)20-7)5-18-11-4-12(13(14,15)16)19-6-10(11)17/h4,6H,5,17H2,1-3H3,(H,18,19). The summed E-state index contributed by atoms with van der Waals surface area (Å²) in [6.45, 7) is 4.09. The topological polar surface area (TPSA) is 68.8 Å². The van der Waals surface area contributed by atoms with Gasteiger partial charge in [-0.05, 0) is 19.9 Å². The number of aromatic nitrogens is 3. The van der Waals surface area contributed by atoms with Crippen molar-refractivity contribution in [1.82, 2.24) is 14.8 Å². The zero-order valence-corrected chi connectivity index (χ0v) is 11.9. The van der Waals surface area contributed by atoms with Crippen LogP contribution in [-0.2, 0) is 19.8 Å². The van der Waals surface area contributed by atoms with Crippen LogP contribution < -0.4 is 11.1 Å². The third-order valence-corrected chi connectivity index (χ3v) is 3.34. The number of halogens is 3. The summed E-state index contributed by atoms with van der Waals surface area (Å²) in [6, 6.07) is 0.913. The molecule has 0 fully saturated rings. The second kappa shape index (κ2) is 5.27. The Bertz CT molecular complexity index is 661. The summed E-state index contributed by atoms with van der Waals surface area (Å²) in [7, 11) is 1.81. The van der Waals surface area contributed by atoms with Crippen LogP contribution in [0.5, 0.6) is 0 Å². The summed E-state index contributed by atoms with van der Waals surface area (Å²) in [5.41, 5.74) is 7.77. The molecule has 0 saturated heterocycles. The quantitative estimate of drug-likeness (QED) is 0.914. The monoisotopic (exact) mass is 299 g/mol. The van der Waals surface area contributed by atoms with Crippen molar-refractivity contribution in [2.45, 2.75) is 26.6 Å². The van der Waals surface area contributed by atoms with Crippen LogP contribution >= 0.6 is 0 Å². The summed E-state index contributed by atoms with van der Waals surface area (Å²) in [4.78, 5) is 3.30. The molecule has 8 heteroatoms. The normalized spacial score (nSPS) is 11.7. The van der Waals surface area contributed by atoms with Crippen molar-refractivity contribution < 1.29 is 13.2 Å². The van der Waals surface area contributed by atoms with E-state index in [2.05, 4.69) is 15.4 Å². The molecule has 0 spiro atoms. The summed E-state index contributed by atoms with van der Waals surface area (Å²) in [5.74, 6) is 0. The lowest BCUT2D eigenvalue weighted by Gasteiger charge is -2.12. The maximum atomic E-state index is 12.6. The minimum absolute atomic E-state index is 0.169. The predicted octanol–water partition coefficient (Wildman–Crippen LogP) is 2.65. The number of rotatable bonds is 3. The molecule has 2 heterocycles. The Morgan fingerprint density at radius 3 is 2.52 bits per heavy atom. The van der Waals surface area contributed by atoms with Gasteiger partial charge < -0.3 is 11.1 Å². The lowest BCUT2D eigenvalue weighted by molar-refractivity contribution is -0.141. The molecule has 0 aliphatic heterocycles. The number of pyridine rings is 1. The number of nitrogen functional groups attached to an aromatic ring is 1. The summed E-state index contributed by atoms with van der Waals surface area (Å²) in [6.07, 6.45) is -3.49. The smallest absolute Gasteiger partial charge is 0.396 e. The molecular formula is C13H16F3N5. The highest BCUT2D eigenvalue weighted by Gasteiger charge is 2.32. The SMILES string of the molecule is Cc1nn(C)c(C)c1CNc1cc(C(F)(F)F)ncc1N. The van der Waals surface area contributed by atoms with Crippen LogP contribution in [0.25, 0.3) is 0 Å². The summed E-state index contributed by atoms with van der Waals surface area (Å²) < 4.78 is 39.7. The van der Waals surface area contributed by atoms with E-state index in [1.165, 1.54) is 0 Å². The van der Waals surface area contributed by atoms with Gasteiger partial charge in [-0.25, -0.2) is 4.98 Å². The molecular weight excluding hydrogens is 283 g/mol. The van der Waals surface area contributed by atoms with E-state index in [9.17, 15) is 13.2 Å². The van der Waals surface area contributed by atoms with Crippen LogP contribution in [0.4, 0.5) is 24.5 Å². The van der Waals surface area contributed by atoms with Crippen molar-refractivity contribution in [3.05, 3.63) is 34.9 Å². The van der Waals surface area contributed by atoms with Crippen molar-refractivity contribution in [3.63, 3.8) is 0 Å². The van der Waals surface area contributed by atoms with Gasteiger partial charge >= 0.3 is 6.18 Å². The molecule has 114 valence electrons. The molecule has 0 aliphatic rings. The first-order valence-electron chi connectivity index (χ1n) is 6.25. The Balaban J connectivity index is 2.24. The van der Waals surface area contributed by atoms with Crippen molar-refractivity contribution in [1.29, 1.82) is 0 Å². The van der Waals surface area contributed by atoms with Crippen molar-refractivity contribution in [2.24, 2.45) is 7.05 Å². The number of nitrogens with zero attached hydrogens (tertiary/aromatic N) is 3. The fourth-order valence-corrected chi connectivity index (χ4v) is 2.03. The van der Waals surface area contributed by atoms with Gasteiger partial charge in [0.15, 0.2) is 0 Å². The molecule has 0 bridgehead atoms. The molecule has 2 rings (SSSR count). The van der Waals surface area contributed by atoms with Gasteiger partial charge in [-0.15, -0.1) is 0 Å². The van der Waals surface area contributed by atoms with Crippen molar-refractivity contribution >= 4 is 11.4 Å². The average molecular weight is 299 g/mol. The number of nitrogens with two attached hydrogens (primary N) is 1. The minimum atomic E-state index is -4.50. The predicted molar refractivity (Wildman–Crippen MR) is 73.7 cm³/mol. The highest BCUT2D eigenvalue weighted by atomic mass is 19.4. The van der Waals surface area contributed by atoms with Crippen molar-refractivity contribution in [2.75, 3.05) is 11.1 Å². The van der Waals surface area contributed by atoms with Crippen LogP contribution in [-0.4, -0.2) is 14.8 Å². The van der Waals surface area contributed by atoms with E-state index in [-0.39, 0.29) is 11.4 Å². The number of alkyl halides is 3. The zero-order chi connectivity index (χ0) is 15.8. The number of nitrogens with one attached hydrogen (secondary N) is 1. The molecule has 0 atom stereocenters. The van der Waals surface area contributed by atoms with E-state index in [0.717, 1.165) is 29.2 Å². The Labute approximate surface area is 120 Å². The first kappa shape index (κ1) is 15.1. The molecule has 5 nitrogen and oxygen atoms in total. The largest absolute Gasteiger partial charge is 0.433 e. The van der Waals surface area contributed by atoms with Gasteiger partial charge in [0.1, 0.15) is 5.69 Å². The van der Waals surface area contributed by atoms with Crippen LogP contribution in [0.15, 0.2) is 12.3 Å². The van der Waals surface area contributed by atoms with Gasteiger partial charge in [-0.3, -0.25) is 4.68 Å². The average Bonchev–Trinajstić information content (AvgIpc) is 2.62. The van der Waals surface area contributed by atoms with E-state index in [0.29, 0.717) is 6.54 Å². The molecule has 0 amide bonds. The van der Waals surface area contributed by atoms with Crippen LogP contribution in [0.3, 0.4) is 0 Å². The second-order valence-electron chi connectivity index (χ2n) is 4.78. The Morgan fingerprint density at radius 2 is 2.00 bits per heavy atom. The van der Waals surface area contributed by atoms with E-state index < -0.39 is 11.9 Å². The number of aryl methyl sites for hydroxylation is 2. The van der Waals surface area contributed by atoms with E-state index in [1.807, 2.05) is 20.9 Å². The molecule has 0 unspecified atom stereocenters. The lowest BCUT2D eigenvalue weighted by atomic mass is 10.2. The van der Waals surface area contributed by atoms with Gasteiger partial charge in [-0.2, -0.15) is 18.3 Å². The summed E-state index contributed by atoms with van der Waals surface area (Å²) in [5, 5.41) is 7.17. The fraction of sp³-hybridized carbons (Fsp3) is 0.385. The lowest BCUT2D eigenvalue weighted by Crippen LogP contribution is -2.11. The minimum Gasteiger partial charge on any atom is -0.396 e. The molecule has 0 aliphatic carbocycles. The van der Waals surface area contributed by atoms with Crippen LogP contribution in [0.2, 0.25) is 0 Å². The number of hydrogen-bond donors (Lipinski definition) is 2. The van der Waals surface area contributed by atoms with Gasteiger partial charge in [0.2, 0.25) is 0 Å². The highest BCUT2D eigenvalue weighted by Crippen LogP contribution is 2.31. The molecule has 21 heavy (non-hydrogen) atoms. The molecule has 0 radical (unpaired) electrons. The van der Waals surface area contributed by atoms with Gasteiger partial charge in [0, 0.05) is 24.8 Å². The first-order valence-corrected chi connectivity index (χ1v) is 6.25. The maximum absolute atomic E-state index is 12.6. The first-order chi connectivity index (χ1) is 9.70. The Hall–Kier alpha value is -2.25. The van der Waals surface area contributed by atoms with Crippen LogP contribution in [0.1, 0.15) is 22.6 Å². The molecule has 0 aromatic carbocycles. The van der Waals surface area contributed by atoms with Gasteiger partial charge in [0.05, 0.1) is 23.3 Å². The third-order valence-electron chi connectivity index (χ3n) is 3.34. The molecule has 3 N–H and O–H groups in total. The third kappa shape index (κ3) is 3.09. The molecule has 0 saturated carbocycles. The van der Waals surface area contributed by atoms with Gasteiger partial charge in [0.25, 0.3) is 0 Å². The van der Waals surface area contributed by atoms with Crippen molar-refractivity contribution in [3.8, 4) is 0 Å². The summed E-state index contributed by atoms with van der Waals surface area (Å²) >= 11 is 0. The Kier molecular flexibility index (Phi) is 3.80. The number of anilines is 2. The van der Waals surface area contributed by atoms with E-state index in [4.69, 9.17) is 5.73 Å². The highest BCUT2D eigenvalue weighted by molar-refractivity contribution is 5.65. The van der Waals surface area contributed by atoms with Gasteiger partial charge in [-0.1, -0.05) is 0 Å². The zero-order valence-electron chi connectivity index (χ0n) is 11.9. The van der Waals surface area contributed by atoms with E-state index in [1.54, 1.807) is 4.68 Å². The Morgan fingerprint density at radius 1 is 1.33 bits per heavy atom. The molecule has 2 aromatic rings. The number of hydrogen-bond acceptors (Lipinski definition) is 4. The van der Waals surface area contributed by atoms with E-state index >= 15 is 0 Å². The molecule has 2 aromatic heterocycles. The fourth-order valence-electron chi connectivity index (χ4n) is 2.03. The van der Waals surface area contributed by atoms with Crippen LogP contribution in [0, 0.1) is 13.8 Å². The second-order valence-corrected chi connectivity index (χ2v) is 4.78.